The van der Waals surface area contributed by atoms with Crippen molar-refractivity contribution in [3.05, 3.63) is 40.8 Å². The third-order valence-corrected chi connectivity index (χ3v) is 2.87. The Bertz CT molecular complexity index is 582. The average Bonchev–Trinajstić information content (AvgIpc) is 2.64. The smallest absolute Gasteiger partial charge is 0.195 e. The van der Waals surface area contributed by atoms with E-state index in [9.17, 15) is 4.79 Å². The van der Waals surface area contributed by atoms with E-state index in [4.69, 9.17) is 0 Å². The number of ketones is 1. The molecule has 0 saturated heterocycles. The zero-order valence-corrected chi connectivity index (χ0v) is 10.6. The third-order valence-electron chi connectivity index (χ3n) is 2.87. The molecule has 0 bridgehead atoms. The minimum atomic E-state index is -0.0374. The second-order valence-corrected chi connectivity index (χ2v) is 4.43. The summed E-state index contributed by atoms with van der Waals surface area (Å²) in [4.78, 5) is 18.7. The van der Waals surface area contributed by atoms with Crippen LogP contribution in [0, 0.1) is 20.8 Å². The highest BCUT2D eigenvalue weighted by Gasteiger charge is 2.13. The molecule has 0 radical (unpaired) electrons. The number of aromatic amines is 1. The monoisotopic (exact) mass is 228 g/mol. The van der Waals surface area contributed by atoms with Gasteiger partial charge in [0.1, 0.15) is 0 Å². The van der Waals surface area contributed by atoms with Crippen molar-refractivity contribution in [1.29, 1.82) is 0 Å². The molecule has 1 aromatic carbocycles. The predicted molar refractivity (Wildman–Crippen MR) is 68.2 cm³/mol. The average molecular weight is 228 g/mol. The van der Waals surface area contributed by atoms with Gasteiger partial charge in [-0.05, 0) is 32.4 Å². The number of hydrogen-bond donors (Lipinski definition) is 1. The zero-order chi connectivity index (χ0) is 12.6. The van der Waals surface area contributed by atoms with Gasteiger partial charge in [-0.1, -0.05) is 17.7 Å². The molecular weight excluding hydrogens is 212 g/mol. The molecule has 0 aliphatic rings. The fourth-order valence-corrected chi connectivity index (χ4v) is 1.88. The molecule has 0 aliphatic carbocycles. The third kappa shape index (κ3) is 2.13. The lowest BCUT2D eigenvalue weighted by molar-refractivity contribution is 0.100. The molecule has 88 valence electrons. The highest BCUT2D eigenvalue weighted by atomic mass is 16.1. The highest BCUT2D eigenvalue weighted by Crippen LogP contribution is 2.25. The molecule has 2 rings (SSSR count). The van der Waals surface area contributed by atoms with Crippen LogP contribution in [0.5, 0.6) is 0 Å². The van der Waals surface area contributed by atoms with Crippen LogP contribution in [0.4, 0.5) is 0 Å². The maximum atomic E-state index is 11.3. The number of imidazole rings is 1. The first-order chi connectivity index (χ1) is 7.99. The lowest BCUT2D eigenvalue weighted by atomic mass is 10.0. The van der Waals surface area contributed by atoms with E-state index in [0.717, 1.165) is 17.0 Å². The number of benzene rings is 1. The normalized spacial score (nSPS) is 10.6. The van der Waals surface area contributed by atoms with Gasteiger partial charge in [-0.25, -0.2) is 4.98 Å². The molecule has 0 spiro atoms. The summed E-state index contributed by atoms with van der Waals surface area (Å²) in [6, 6.07) is 6.25. The molecule has 17 heavy (non-hydrogen) atoms. The van der Waals surface area contributed by atoms with Crippen LogP contribution in [-0.4, -0.2) is 15.8 Å². The molecule has 0 atom stereocenters. The molecule has 2 aromatic rings. The molecule has 1 N–H and O–H groups in total. The SMILES string of the molecule is CC(=O)c1nc(-c2cc(C)ccc2C)c(C)[nH]1. The van der Waals surface area contributed by atoms with Crippen molar-refractivity contribution in [2.45, 2.75) is 27.7 Å². The Kier molecular flexibility index (Phi) is 2.84. The van der Waals surface area contributed by atoms with Crippen molar-refractivity contribution in [3.8, 4) is 11.3 Å². The van der Waals surface area contributed by atoms with Crippen molar-refractivity contribution in [2.24, 2.45) is 0 Å². The second kappa shape index (κ2) is 4.17. The standard InChI is InChI=1S/C14H16N2O/c1-8-5-6-9(2)12(7-8)13-10(3)15-14(16-13)11(4)17/h5-7H,1-4H3,(H,15,16). The van der Waals surface area contributed by atoms with E-state index >= 15 is 0 Å². The summed E-state index contributed by atoms with van der Waals surface area (Å²) in [7, 11) is 0. The summed E-state index contributed by atoms with van der Waals surface area (Å²) in [6.07, 6.45) is 0. The first-order valence-corrected chi connectivity index (χ1v) is 5.64. The molecule has 0 aliphatic heterocycles. The van der Waals surface area contributed by atoms with Gasteiger partial charge in [0.15, 0.2) is 11.6 Å². The summed E-state index contributed by atoms with van der Waals surface area (Å²) < 4.78 is 0. The Morgan fingerprint density at radius 2 is 1.94 bits per heavy atom. The van der Waals surface area contributed by atoms with Crippen molar-refractivity contribution < 1.29 is 4.79 Å². The van der Waals surface area contributed by atoms with Crippen LogP contribution in [0.25, 0.3) is 11.3 Å². The van der Waals surface area contributed by atoms with Crippen LogP contribution in [0.3, 0.4) is 0 Å². The van der Waals surface area contributed by atoms with Gasteiger partial charge in [-0.3, -0.25) is 4.79 Å². The van der Waals surface area contributed by atoms with Crippen LogP contribution in [0.15, 0.2) is 18.2 Å². The Labute approximate surface area is 101 Å². The minimum absolute atomic E-state index is 0.0374. The van der Waals surface area contributed by atoms with Crippen LogP contribution in [0.1, 0.15) is 34.4 Å². The molecule has 0 amide bonds. The molecule has 3 nitrogen and oxygen atoms in total. The molecule has 0 unspecified atom stereocenters. The lowest BCUT2D eigenvalue weighted by Gasteiger charge is -2.05. The number of H-pyrrole nitrogens is 1. The van der Waals surface area contributed by atoms with Gasteiger partial charge >= 0.3 is 0 Å². The van der Waals surface area contributed by atoms with Crippen LogP contribution in [-0.2, 0) is 0 Å². The number of hydrogen-bond acceptors (Lipinski definition) is 2. The number of aromatic nitrogens is 2. The van der Waals surface area contributed by atoms with Gasteiger partial charge in [-0.15, -0.1) is 0 Å². The summed E-state index contributed by atoms with van der Waals surface area (Å²) in [6.45, 7) is 7.56. The first kappa shape index (κ1) is 11.6. The maximum Gasteiger partial charge on any atom is 0.195 e. The molecule has 1 aromatic heterocycles. The van der Waals surface area contributed by atoms with Gasteiger partial charge in [0.2, 0.25) is 0 Å². The summed E-state index contributed by atoms with van der Waals surface area (Å²) in [5.41, 5.74) is 5.25. The second-order valence-electron chi connectivity index (χ2n) is 4.43. The Morgan fingerprint density at radius 1 is 1.24 bits per heavy atom. The molecule has 0 fully saturated rings. The van der Waals surface area contributed by atoms with Crippen LogP contribution in [0.2, 0.25) is 0 Å². The zero-order valence-electron chi connectivity index (χ0n) is 10.6. The topological polar surface area (TPSA) is 45.8 Å². The van der Waals surface area contributed by atoms with Gasteiger partial charge in [0, 0.05) is 18.2 Å². The van der Waals surface area contributed by atoms with E-state index in [1.165, 1.54) is 18.1 Å². The number of nitrogens with zero attached hydrogens (tertiary/aromatic N) is 1. The van der Waals surface area contributed by atoms with E-state index in [1.807, 2.05) is 6.92 Å². The number of carbonyl (C=O) groups excluding carboxylic acids is 1. The first-order valence-electron chi connectivity index (χ1n) is 5.64. The number of nitrogens with one attached hydrogen (secondary N) is 1. The summed E-state index contributed by atoms with van der Waals surface area (Å²) >= 11 is 0. The number of Topliss-reactive ketones (excluding diaryl/α,β-unsaturated/α-hetero) is 1. The van der Waals surface area contributed by atoms with Crippen molar-refractivity contribution >= 4 is 5.78 Å². The lowest BCUT2D eigenvalue weighted by Crippen LogP contribution is -1.94. The Balaban J connectivity index is 2.60. The molecular formula is C14H16N2O. The van der Waals surface area contributed by atoms with Crippen molar-refractivity contribution in [3.63, 3.8) is 0 Å². The Morgan fingerprint density at radius 3 is 2.53 bits per heavy atom. The molecule has 3 heteroatoms. The quantitative estimate of drug-likeness (QED) is 0.802. The van der Waals surface area contributed by atoms with E-state index in [0.29, 0.717) is 5.82 Å². The van der Waals surface area contributed by atoms with Crippen LogP contribution < -0.4 is 0 Å². The minimum Gasteiger partial charge on any atom is -0.339 e. The van der Waals surface area contributed by atoms with E-state index in [-0.39, 0.29) is 5.78 Å². The van der Waals surface area contributed by atoms with E-state index in [2.05, 4.69) is 42.0 Å². The largest absolute Gasteiger partial charge is 0.339 e. The predicted octanol–water partition coefficient (Wildman–Crippen LogP) is 3.20. The number of carbonyl (C=O) groups is 1. The fraction of sp³-hybridized carbons (Fsp3) is 0.286. The van der Waals surface area contributed by atoms with Crippen LogP contribution >= 0.6 is 0 Å². The van der Waals surface area contributed by atoms with E-state index < -0.39 is 0 Å². The Hall–Kier alpha value is -1.90. The number of rotatable bonds is 2. The summed E-state index contributed by atoms with van der Waals surface area (Å²) in [5, 5.41) is 0. The van der Waals surface area contributed by atoms with Gasteiger partial charge in [-0.2, -0.15) is 0 Å². The van der Waals surface area contributed by atoms with Gasteiger partial charge in [0.25, 0.3) is 0 Å². The van der Waals surface area contributed by atoms with E-state index in [1.54, 1.807) is 0 Å². The fourth-order valence-electron chi connectivity index (χ4n) is 1.88. The van der Waals surface area contributed by atoms with Crippen molar-refractivity contribution in [1.82, 2.24) is 9.97 Å². The molecule has 0 saturated carbocycles. The van der Waals surface area contributed by atoms with Crippen molar-refractivity contribution in [2.75, 3.05) is 0 Å². The van der Waals surface area contributed by atoms with Gasteiger partial charge in [0.05, 0.1) is 5.69 Å². The highest BCUT2D eigenvalue weighted by molar-refractivity contribution is 5.91. The maximum absolute atomic E-state index is 11.3. The summed E-state index contributed by atoms with van der Waals surface area (Å²) in [5.74, 6) is 0.392. The number of aryl methyl sites for hydroxylation is 3. The molecule has 1 heterocycles. The van der Waals surface area contributed by atoms with Gasteiger partial charge < -0.3 is 4.98 Å².